The molecular formula is C14H19ClN2O3S. The van der Waals surface area contributed by atoms with E-state index in [-0.39, 0.29) is 16.9 Å². The van der Waals surface area contributed by atoms with Crippen molar-refractivity contribution in [1.82, 2.24) is 4.31 Å². The van der Waals surface area contributed by atoms with E-state index in [0.29, 0.717) is 36.8 Å². The lowest BCUT2D eigenvalue weighted by Gasteiger charge is -2.17. The molecule has 2 unspecified atom stereocenters. The first-order valence-corrected chi connectivity index (χ1v) is 8.93. The molecule has 7 heteroatoms. The molecule has 1 aromatic carbocycles. The van der Waals surface area contributed by atoms with Crippen molar-refractivity contribution >= 4 is 21.6 Å². The highest BCUT2D eigenvalue weighted by Gasteiger charge is 2.33. The third-order valence-corrected chi connectivity index (χ3v) is 6.26. The fraction of sp³-hybridized carbons (Fsp3) is 0.571. The van der Waals surface area contributed by atoms with Crippen LogP contribution in [0, 0.1) is 5.92 Å². The standard InChI is InChI=1S/C14H19ClN2O3S/c1-9-4-11-5-12(6-13(15)14(11)20-9)21(18,19)17-3-2-10(7-16)8-17/h5-6,9-10H,2-4,7-8,16H2,1H3. The van der Waals surface area contributed by atoms with Gasteiger partial charge in [-0.25, -0.2) is 8.42 Å². The molecule has 2 aliphatic rings. The predicted octanol–water partition coefficient (Wildman–Crippen LogP) is 1.63. The van der Waals surface area contributed by atoms with E-state index < -0.39 is 10.0 Å². The second-order valence-electron chi connectivity index (χ2n) is 5.78. The molecule has 0 bridgehead atoms. The summed E-state index contributed by atoms with van der Waals surface area (Å²) in [6.45, 7) is 3.46. The van der Waals surface area contributed by atoms with Crippen molar-refractivity contribution in [3.05, 3.63) is 22.7 Å². The number of benzene rings is 1. The number of hydrogen-bond acceptors (Lipinski definition) is 4. The Kier molecular flexibility index (Phi) is 3.90. The van der Waals surface area contributed by atoms with Gasteiger partial charge in [0, 0.05) is 25.1 Å². The summed E-state index contributed by atoms with van der Waals surface area (Å²) >= 11 is 6.18. The third kappa shape index (κ3) is 2.65. The average Bonchev–Trinajstić information content (AvgIpc) is 3.04. The number of sulfonamides is 1. The maximum absolute atomic E-state index is 12.7. The molecule has 2 heterocycles. The summed E-state index contributed by atoms with van der Waals surface area (Å²) in [7, 11) is -3.51. The second-order valence-corrected chi connectivity index (χ2v) is 8.12. The van der Waals surface area contributed by atoms with Crippen molar-refractivity contribution in [2.45, 2.75) is 30.8 Å². The summed E-state index contributed by atoms with van der Waals surface area (Å²) < 4.78 is 32.5. The number of rotatable bonds is 3. The van der Waals surface area contributed by atoms with E-state index >= 15 is 0 Å². The SMILES string of the molecule is CC1Cc2cc(S(=O)(=O)N3CCC(CN)C3)cc(Cl)c2O1. The number of ether oxygens (including phenoxy) is 1. The van der Waals surface area contributed by atoms with Crippen LogP contribution in [0.2, 0.25) is 5.02 Å². The van der Waals surface area contributed by atoms with Crippen molar-refractivity contribution in [2.75, 3.05) is 19.6 Å². The number of fused-ring (bicyclic) bond motifs is 1. The highest BCUT2D eigenvalue weighted by molar-refractivity contribution is 7.89. The minimum Gasteiger partial charge on any atom is -0.489 e. The molecule has 21 heavy (non-hydrogen) atoms. The van der Waals surface area contributed by atoms with Crippen molar-refractivity contribution in [1.29, 1.82) is 0 Å². The monoisotopic (exact) mass is 330 g/mol. The van der Waals surface area contributed by atoms with Crippen LogP contribution in [0.5, 0.6) is 5.75 Å². The Bertz CT molecular complexity index is 662. The maximum atomic E-state index is 12.7. The molecule has 0 aromatic heterocycles. The fourth-order valence-corrected chi connectivity index (χ4v) is 4.92. The van der Waals surface area contributed by atoms with E-state index in [1.54, 1.807) is 6.07 Å². The van der Waals surface area contributed by atoms with Crippen molar-refractivity contribution in [3.8, 4) is 5.75 Å². The Hall–Kier alpha value is -0.820. The number of nitrogens with zero attached hydrogens (tertiary/aromatic N) is 1. The number of hydrogen-bond donors (Lipinski definition) is 1. The maximum Gasteiger partial charge on any atom is 0.243 e. The van der Waals surface area contributed by atoms with Gasteiger partial charge in [0.2, 0.25) is 10.0 Å². The molecule has 1 saturated heterocycles. The summed E-state index contributed by atoms with van der Waals surface area (Å²) in [6, 6.07) is 3.18. The lowest BCUT2D eigenvalue weighted by molar-refractivity contribution is 0.255. The van der Waals surface area contributed by atoms with Crippen LogP contribution in [0.1, 0.15) is 18.9 Å². The first-order valence-electron chi connectivity index (χ1n) is 7.11. The Labute approximate surface area is 130 Å². The van der Waals surface area contributed by atoms with Crippen LogP contribution in [-0.4, -0.2) is 38.5 Å². The second kappa shape index (κ2) is 5.43. The van der Waals surface area contributed by atoms with E-state index in [4.69, 9.17) is 22.1 Å². The summed E-state index contributed by atoms with van der Waals surface area (Å²) in [4.78, 5) is 0.252. The van der Waals surface area contributed by atoms with Gasteiger partial charge in [-0.3, -0.25) is 0 Å². The minimum absolute atomic E-state index is 0.0314. The van der Waals surface area contributed by atoms with Gasteiger partial charge < -0.3 is 10.5 Å². The first-order chi connectivity index (χ1) is 9.91. The van der Waals surface area contributed by atoms with E-state index in [0.717, 1.165) is 12.0 Å². The highest BCUT2D eigenvalue weighted by atomic mass is 35.5. The van der Waals surface area contributed by atoms with E-state index in [2.05, 4.69) is 0 Å². The molecule has 116 valence electrons. The third-order valence-electron chi connectivity index (χ3n) is 4.14. The van der Waals surface area contributed by atoms with Crippen molar-refractivity contribution < 1.29 is 13.2 Å². The lowest BCUT2D eigenvalue weighted by Crippen LogP contribution is -2.30. The Morgan fingerprint density at radius 3 is 2.90 bits per heavy atom. The van der Waals surface area contributed by atoms with Crippen LogP contribution in [0.3, 0.4) is 0 Å². The Morgan fingerprint density at radius 1 is 1.48 bits per heavy atom. The molecule has 1 aromatic rings. The number of halogens is 1. The quantitative estimate of drug-likeness (QED) is 0.914. The number of nitrogens with two attached hydrogens (primary N) is 1. The van der Waals surface area contributed by atoms with Gasteiger partial charge in [-0.1, -0.05) is 11.6 Å². The smallest absolute Gasteiger partial charge is 0.243 e. The van der Waals surface area contributed by atoms with Crippen LogP contribution < -0.4 is 10.5 Å². The zero-order valence-electron chi connectivity index (χ0n) is 11.9. The first kappa shape index (κ1) is 15.1. The van der Waals surface area contributed by atoms with Crippen LogP contribution in [0.25, 0.3) is 0 Å². The highest BCUT2D eigenvalue weighted by Crippen LogP contribution is 2.39. The topological polar surface area (TPSA) is 72.6 Å². The summed E-state index contributed by atoms with van der Waals surface area (Å²) in [5, 5.41) is 0.366. The molecule has 1 fully saturated rings. The average molecular weight is 331 g/mol. The summed E-state index contributed by atoms with van der Waals surface area (Å²) in [5.41, 5.74) is 6.50. The van der Waals surface area contributed by atoms with Gasteiger partial charge in [0.15, 0.2) is 0 Å². The van der Waals surface area contributed by atoms with E-state index in [1.807, 2.05) is 6.92 Å². The van der Waals surface area contributed by atoms with Crippen molar-refractivity contribution in [2.24, 2.45) is 11.7 Å². The Morgan fingerprint density at radius 2 is 2.24 bits per heavy atom. The van der Waals surface area contributed by atoms with Crippen LogP contribution in [-0.2, 0) is 16.4 Å². The normalized spacial score (nSPS) is 25.9. The Balaban J connectivity index is 1.94. The van der Waals surface area contributed by atoms with Gasteiger partial charge in [-0.2, -0.15) is 4.31 Å². The molecule has 0 aliphatic carbocycles. The van der Waals surface area contributed by atoms with Gasteiger partial charge in [0.25, 0.3) is 0 Å². The van der Waals surface area contributed by atoms with Gasteiger partial charge in [-0.05, 0) is 37.9 Å². The molecule has 0 radical (unpaired) electrons. The van der Waals surface area contributed by atoms with E-state index in [9.17, 15) is 8.42 Å². The van der Waals surface area contributed by atoms with Gasteiger partial charge in [0.1, 0.15) is 11.9 Å². The minimum atomic E-state index is -3.51. The van der Waals surface area contributed by atoms with Crippen molar-refractivity contribution in [3.63, 3.8) is 0 Å². The van der Waals surface area contributed by atoms with Gasteiger partial charge >= 0.3 is 0 Å². The summed E-state index contributed by atoms with van der Waals surface area (Å²) in [6.07, 6.45) is 1.53. The zero-order valence-corrected chi connectivity index (χ0v) is 13.5. The molecule has 2 aliphatic heterocycles. The molecule has 0 saturated carbocycles. The fourth-order valence-electron chi connectivity index (χ4n) is 2.96. The molecule has 2 atom stereocenters. The largest absolute Gasteiger partial charge is 0.489 e. The zero-order chi connectivity index (χ0) is 15.2. The molecule has 0 spiro atoms. The molecule has 0 amide bonds. The molecular weight excluding hydrogens is 312 g/mol. The van der Waals surface area contributed by atoms with Gasteiger partial charge in [0.05, 0.1) is 9.92 Å². The van der Waals surface area contributed by atoms with Crippen LogP contribution >= 0.6 is 11.6 Å². The lowest BCUT2D eigenvalue weighted by atomic mass is 10.1. The van der Waals surface area contributed by atoms with Crippen LogP contribution in [0.4, 0.5) is 0 Å². The molecule has 2 N–H and O–H groups in total. The van der Waals surface area contributed by atoms with E-state index in [1.165, 1.54) is 10.4 Å². The van der Waals surface area contributed by atoms with Crippen LogP contribution in [0.15, 0.2) is 17.0 Å². The molecule has 3 rings (SSSR count). The predicted molar refractivity (Wildman–Crippen MR) is 81.2 cm³/mol. The van der Waals surface area contributed by atoms with Gasteiger partial charge in [-0.15, -0.1) is 0 Å². The summed E-state index contributed by atoms with van der Waals surface area (Å²) in [5.74, 6) is 0.859. The molecule has 5 nitrogen and oxygen atoms in total.